The second-order valence-electron chi connectivity index (χ2n) is 8.39. The molecule has 1 saturated heterocycles. The van der Waals surface area contributed by atoms with Crippen LogP contribution < -0.4 is 16.0 Å². The summed E-state index contributed by atoms with van der Waals surface area (Å²) in [6, 6.07) is 8.62. The zero-order chi connectivity index (χ0) is 24.9. The van der Waals surface area contributed by atoms with Crippen LogP contribution in [0.15, 0.2) is 42.7 Å². The Hall–Kier alpha value is -3.57. The number of nitrogens with one attached hydrogen (secondary N) is 3. The highest BCUT2D eigenvalue weighted by Gasteiger charge is 2.35. The molecule has 0 unspecified atom stereocenters. The van der Waals surface area contributed by atoms with Crippen molar-refractivity contribution in [3.05, 3.63) is 42.7 Å². The Balaban J connectivity index is 1.52. The summed E-state index contributed by atoms with van der Waals surface area (Å²) in [6.07, 6.45) is 4.83. The summed E-state index contributed by atoms with van der Waals surface area (Å²) in [4.78, 5) is 48.8. The van der Waals surface area contributed by atoms with Gasteiger partial charge < -0.3 is 25.4 Å². The van der Waals surface area contributed by atoms with Crippen molar-refractivity contribution < 1.29 is 14.4 Å². The van der Waals surface area contributed by atoms with Gasteiger partial charge in [0.25, 0.3) is 0 Å². The largest absolute Gasteiger partial charge is 0.346 e. The van der Waals surface area contributed by atoms with Gasteiger partial charge in [-0.3, -0.25) is 14.4 Å². The zero-order valence-electron chi connectivity index (χ0n) is 19.9. The quantitative estimate of drug-likeness (QED) is 0.439. The second kappa shape index (κ2) is 10.8. The van der Waals surface area contributed by atoms with E-state index in [-0.39, 0.29) is 24.3 Å². The third-order valence-corrected chi connectivity index (χ3v) is 7.01. The molecule has 3 N–H and O–H groups in total. The van der Waals surface area contributed by atoms with Crippen molar-refractivity contribution in [2.75, 3.05) is 25.5 Å². The van der Waals surface area contributed by atoms with Crippen LogP contribution >= 0.6 is 11.3 Å². The van der Waals surface area contributed by atoms with Gasteiger partial charge in [-0.05, 0) is 26.8 Å². The van der Waals surface area contributed by atoms with E-state index in [1.165, 1.54) is 11.3 Å². The van der Waals surface area contributed by atoms with Crippen LogP contribution in [0.3, 0.4) is 0 Å². The molecule has 184 valence electrons. The summed E-state index contributed by atoms with van der Waals surface area (Å²) >= 11 is 1.35. The van der Waals surface area contributed by atoms with Gasteiger partial charge in [-0.15, -0.1) is 0 Å². The number of likely N-dealkylation sites (N-methyl/N-ethyl adjacent to an activating group) is 1. The smallest absolute Gasteiger partial charge is 0.247 e. The lowest BCUT2D eigenvalue weighted by molar-refractivity contribution is -0.137. The number of rotatable bonds is 8. The highest BCUT2D eigenvalue weighted by molar-refractivity contribution is 7.19. The molecule has 1 aromatic carbocycles. The Bertz CT molecular complexity index is 1210. The van der Waals surface area contributed by atoms with E-state index in [1.54, 1.807) is 25.1 Å². The van der Waals surface area contributed by atoms with Crippen LogP contribution in [0.25, 0.3) is 22.1 Å². The van der Waals surface area contributed by atoms with E-state index < -0.39 is 12.1 Å². The second-order valence-corrected chi connectivity index (χ2v) is 9.39. The van der Waals surface area contributed by atoms with E-state index in [4.69, 9.17) is 4.98 Å². The first kappa shape index (κ1) is 24.6. The molecule has 0 spiro atoms. The fourth-order valence-electron chi connectivity index (χ4n) is 3.95. The first-order valence-electron chi connectivity index (χ1n) is 11.5. The number of carbonyl (C=O) groups is 3. The molecule has 35 heavy (non-hydrogen) atoms. The highest BCUT2D eigenvalue weighted by Crippen LogP contribution is 2.37. The third-order valence-electron chi connectivity index (χ3n) is 6.04. The number of thiazole rings is 1. The highest BCUT2D eigenvalue weighted by atomic mass is 32.1. The normalized spacial score (nSPS) is 16.2. The van der Waals surface area contributed by atoms with Gasteiger partial charge in [-0.2, -0.15) is 0 Å². The van der Waals surface area contributed by atoms with Crippen LogP contribution in [0.4, 0.5) is 5.00 Å². The molecule has 0 bridgehead atoms. The van der Waals surface area contributed by atoms with Gasteiger partial charge in [0.1, 0.15) is 16.7 Å². The van der Waals surface area contributed by atoms with Crippen molar-refractivity contribution in [1.29, 1.82) is 0 Å². The topological polar surface area (TPSA) is 121 Å². The summed E-state index contributed by atoms with van der Waals surface area (Å²) < 4.78 is 1.87. The number of carbonyl (C=O) groups excluding carboxylic acids is 3. The van der Waals surface area contributed by atoms with Gasteiger partial charge in [0, 0.05) is 31.5 Å². The lowest BCUT2D eigenvalue weighted by Gasteiger charge is -2.24. The average molecular weight is 496 g/mol. The molecule has 10 nitrogen and oxygen atoms in total. The number of likely N-dealkylation sites (tertiary alicyclic amines) is 1. The summed E-state index contributed by atoms with van der Waals surface area (Å²) in [5, 5.41) is 9.78. The minimum atomic E-state index is -0.608. The van der Waals surface area contributed by atoms with E-state index in [0.29, 0.717) is 34.5 Å². The molecule has 1 aliphatic heterocycles. The van der Waals surface area contributed by atoms with E-state index in [2.05, 4.69) is 20.9 Å². The lowest BCUT2D eigenvalue weighted by Crippen LogP contribution is -2.49. The van der Waals surface area contributed by atoms with E-state index in [1.807, 2.05) is 48.1 Å². The molecule has 0 aliphatic carbocycles. The van der Waals surface area contributed by atoms with Gasteiger partial charge in [0.2, 0.25) is 17.7 Å². The van der Waals surface area contributed by atoms with Crippen molar-refractivity contribution in [2.45, 2.75) is 31.8 Å². The molecular weight excluding hydrogens is 466 g/mol. The minimum Gasteiger partial charge on any atom is -0.346 e. The summed E-state index contributed by atoms with van der Waals surface area (Å²) in [5.41, 5.74) is 1.53. The standard InChI is InChI=1S/C24H29N7O3S/c1-15(25-2)21(33)27-14-18(32)31-12-7-10-17(31)22(34)29-23-19(16-8-5-4-6-9-16)28-24(35-23)20-26-11-13-30(20)3/h4-6,8-9,11,13,15,17,25H,7,10,12,14H2,1-3H3,(H,27,33)(H,29,34)/t15-,17-/m0/s1. The zero-order valence-corrected chi connectivity index (χ0v) is 20.8. The molecule has 0 radical (unpaired) electrons. The van der Waals surface area contributed by atoms with E-state index >= 15 is 0 Å². The van der Waals surface area contributed by atoms with Crippen molar-refractivity contribution in [3.8, 4) is 22.1 Å². The Morgan fingerprint density at radius 3 is 2.69 bits per heavy atom. The van der Waals surface area contributed by atoms with Gasteiger partial charge >= 0.3 is 0 Å². The Kier molecular flexibility index (Phi) is 7.57. The molecule has 1 fully saturated rings. The fourth-order valence-corrected chi connectivity index (χ4v) is 4.98. The number of nitrogens with zero attached hydrogens (tertiary/aromatic N) is 4. The third kappa shape index (κ3) is 5.41. The van der Waals surface area contributed by atoms with Crippen LogP contribution in [0, 0.1) is 0 Å². The van der Waals surface area contributed by atoms with Crippen molar-refractivity contribution in [2.24, 2.45) is 7.05 Å². The number of benzene rings is 1. The first-order chi connectivity index (χ1) is 16.9. The Morgan fingerprint density at radius 1 is 1.23 bits per heavy atom. The first-order valence-corrected chi connectivity index (χ1v) is 12.3. The number of hydrogen-bond acceptors (Lipinski definition) is 7. The number of hydrogen-bond donors (Lipinski definition) is 3. The predicted octanol–water partition coefficient (Wildman–Crippen LogP) is 1.86. The molecule has 11 heteroatoms. The maximum absolute atomic E-state index is 13.3. The molecule has 0 saturated carbocycles. The van der Waals surface area contributed by atoms with Crippen molar-refractivity contribution in [1.82, 2.24) is 30.1 Å². The molecular formula is C24H29N7O3S. The van der Waals surface area contributed by atoms with Crippen LogP contribution in [0.1, 0.15) is 19.8 Å². The fraction of sp³-hybridized carbons (Fsp3) is 0.375. The number of aromatic nitrogens is 3. The van der Waals surface area contributed by atoms with E-state index in [0.717, 1.165) is 12.0 Å². The Morgan fingerprint density at radius 2 is 2.00 bits per heavy atom. The average Bonchev–Trinajstić information content (AvgIpc) is 3.62. The van der Waals surface area contributed by atoms with Crippen LogP contribution in [-0.2, 0) is 21.4 Å². The number of aryl methyl sites for hydroxylation is 1. The van der Waals surface area contributed by atoms with Crippen molar-refractivity contribution >= 4 is 34.1 Å². The molecule has 2 aromatic heterocycles. The SMILES string of the molecule is CN[C@@H](C)C(=O)NCC(=O)N1CCC[C@H]1C(=O)Nc1sc(-c2nccn2C)nc1-c1ccccc1. The molecule has 3 aromatic rings. The van der Waals surface area contributed by atoms with Crippen LogP contribution in [0.5, 0.6) is 0 Å². The maximum atomic E-state index is 13.3. The number of amides is 3. The van der Waals surface area contributed by atoms with Crippen molar-refractivity contribution in [3.63, 3.8) is 0 Å². The lowest BCUT2D eigenvalue weighted by atomic mass is 10.1. The molecule has 1 aliphatic rings. The Labute approximate surface area is 207 Å². The summed E-state index contributed by atoms with van der Waals surface area (Å²) in [7, 11) is 3.57. The molecule has 2 atom stereocenters. The van der Waals surface area contributed by atoms with Gasteiger partial charge in [0.05, 0.1) is 12.6 Å². The van der Waals surface area contributed by atoms with Gasteiger partial charge in [-0.25, -0.2) is 9.97 Å². The maximum Gasteiger partial charge on any atom is 0.247 e. The molecule has 3 amide bonds. The molecule has 4 rings (SSSR count). The van der Waals surface area contributed by atoms with Crippen LogP contribution in [-0.4, -0.2) is 69.4 Å². The minimum absolute atomic E-state index is 0.145. The van der Waals surface area contributed by atoms with E-state index in [9.17, 15) is 14.4 Å². The van der Waals surface area contributed by atoms with Gasteiger partial charge in [-0.1, -0.05) is 41.7 Å². The monoisotopic (exact) mass is 495 g/mol. The van der Waals surface area contributed by atoms with Gasteiger partial charge in [0.15, 0.2) is 10.8 Å². The number of imidazole rings is 1. The predicted molar refractivity (Wildman–Crippen MR) is 135 cm³/mol. The molecule has 3 heterocycles. The summed E-state index contributed by atoms with van der Waals surface area (Å²) in [6.45, 7) is 2.04. The summed E-state index contributed by atoms with van der Waals surface area (Å²) in [5.74, 6) is -0.101. The van der Waals surface area contributed by atoms with Crippen LogP contribution in [0.2, 0.25) is 0 Å². The number of anilines is 1.